The van der Waals surface area contributed by atoms with E-state index in [0.717, 1.165) is 23.4 Å². The largest absolute Gasteiger partial charge is 0.436 e. The molecule has 0 bridgehead atoms. The molecule has 1 amide bonds. The first-order valence-electron chi connectivity index (χ1n) is 9.44. The average molecular weight is 399 g/mol. The molecule has 0 saturated carbocycles. The van der Waals surface area contributed by atoms with Crippen LogP contribution in [0.5, 0.6) is 11.6 Å². The quantitative estimate of drug-likeness (QED) is 0.630. The number of nitrogens with zero attached hydrogens (tertiary/aromatic N) is 2. The lowest BCUT2D eigenvalue weighted by molar-refractivity contribution is -0.120. The van der Waals surface area contributed by atoms with Crippen molar-refractivity contribution in [1.29, 1.82) is 0 Å². The highest BCUT2D eigenvalue weighted by atomic mass is 19.1. The van der Waals surface area contributed by atoms with Crippen molar-refractivity contribution in [3.63, 3.8) is 0 Å². The first kappa shape index (κ1) is 20.5. The van der Waals surface area contributed by atoms with E-state index < -0.39 is 11.6 Å². The Balaban J connectivity index is 2.04. The lowest BCUT2D eigenvalue weighted by Gasteiger charge is -2.12. The van der Waals surface area contributed by atoms with Crippen LogP contribution in [0.25, 0.3) is 5.69 Å². The van der Waals surface area contributed by atoms with Crippen molar-refractivity contribution in [3.05, 3.63) is 70.9 Å². The van der Waals surface area contributed by atoms with Gasteiger partial charge in [-0.1, -0.05) is 12.1 Å². The fourth-order valence-corrected chi connectivity index (χ4v) is 3.05. The van der Waals surface area contributed by atoms with Gasteiger partial charge >= 0.3 is 0 Å². The van der Waals surface area contributed by atoms with Crippen molar-refractivity contribution < 1.29 is 18.3 Å². The molecule has 1 heterocycles. The predicted octanol–water partition coefficient (Wildman–Crippen LogP) is 4.63. The first-order valence-corrected chi connectivity index (χ1v) is 9.44. The molecule has 3 aromatic rings. The molecule has 0 radical (unpaired) electrons. The van der Waals surface area contributed by atoms with Crippen LogP contribution in [0.1, 0.15) is 30.2 Å². The molecule has 1 aromatic heterocycles. The normalized spacial score (nSPS) is 10.8. The highest BCUT2D eigenvalue weighted by molar-refractivity contribution is 5.76. The summed E-state index contributed by atoms with van der Waals surface area (Å²) in [5.41, 5.74) is 3.14. The molecule has 152 valence electrons. The number of benzene rings is 2. The Labute approximate surface area is 168 Å². The van der Waals surface area contributed by atoms with Crippen LogP contribution in [-0.2, 0) is 11.2 Å². The number of carbonyl (C=O) groups excluding carboxylic acids is 1. The highest BCUT2D eigenvalue weighted by Gasteiger charge is 2.21. The molecule has 29 heavy (non-hydrogen) atoms. The molecule has 0 aliphatic heterocycles. The smallest absolute Gasteiger partial charge is 0.226 e. The van der Waals surface area contributed by atoms with Gasteiger partial charge in [-0.05, 0) is 57.0 Å². The summed E-state index contributed by atoms with van der Waals surface area (Å²) >= 11 is 0. The SMILES string of the molecule is CCNC(=O)CCc1c(C)nn(-c2cccc(C)c2)c1Oc1ccc(F)cc1F. The number of carbonyl (C=O) groups is 1. The van der Waals surface area contributed by atoms with Gasteiger partial charge in [0.1, 0.15) is 5.82 Å². The summed E-state index contributed by atoms with van der Waals surface area (Å²) in [5, 5.41) is 7.31. The molecule has 0 unspecified atom stereocenters. The van der Waals surface area contributed by atoms with Gasteiger partial charge in [-0.25, -0.2) is 13.5 Å². The van der Waals surface area contributed by atoms with Gasteiger partial charge in [-0.3, -0.25) is 4.79 Å². The van der Waals surface area contributed by atoms with Crippen LogP contribution >= 0.6 is 0 Å². The monoisotopic (exact) mass is 399 g/mol. The summed E-state index contributed by atoms with van der Waals surface area (Å²) in [6.07, 6.45) is 0.623. The van der Waals surface area contributed by atoms with Gasteiger partial charge in [-0.15, -0.1) is 0 Å². The van der Waals surface area contributed by atoms with Crippen molar-refractivity contribution in [2.24, 2.45) is 0 Å². The molecule has 7 heteroatoms. The van der Waals surface area contributed by atoms with E-state index in [1.807, 2.05) is 45.0 Å². The molecule has 0 atom stereocenters. The molecule has 0 fully saturated rings. The average Bonchev–Trinajstić information content (AvgIpc) is 2.98. The third kappa shape index (κ3) is 4.80. The second-order valence-corrected chi connectivity index (χ2v) is 6.75. The maximum atomic E-state index is 14.2. The van der Waals surface area contributed by atoms with Crippen molar-refractivity contribution in [2.45, 2.75) is 33.6 Å². The van der Waals surface area contributed by atoms with Gasteiger partial charge < -0.3 is 10.1 Å². The molecular weight excluding hydrogens is 376 g/mol. The summed E-state index contributed by atoms with van der Waals surface area (Å²) in [6, 6.07) is 10.8. The Morgan fingerprint density at radius 3 is 2.66 bits per heavy atom. The first-order chi connectivity index (χ1) is 13.9. The standard InChI is InChI=1S/C22H23F2N3O2/c1-4-25-21(28)11-9-18-15(3)26-27(17-7-5-6-14(2)12-17)22(18)29-20-10-8-16(23)13-19(20)24/h5-8,10,12-13H,4,9,11H2,1-3H3,(H,25,28). The number of hydrogen-bond acceptors (Lipinski definition) is 3. The number of nitrogens with one attached hydrogen (secondary N) is 1. The van der Waals surface area contributed by atoms with Gasteiger partial charge in [0, 0.05) is 24.6 Å². The fraction of sp³-hybridized carbons (Fsp3) is 0.273. The topological polar surface area (TPSA) is 56.2 Å². The van der Waals surface area contributed by atoms with E-state index in [9.17, 15) is 13.6 Å². The molecule has 5 nitrogen and oxygen atoms in total. The van der Waals surface area contributed by atoms with Crippen LogP contribution in [0.15, 0.2) is 42.5 Å². The van der Waals surface area contributed by atoms with Crippen molar-refractivity contribution in [2.75, 3.05) is 6.54 Å². The van der Waals surface area contributed by atoms with E-state index in [-0.39, 0.29) is 18.1 Å². The van der Waals surface area contributed by atoms with E-state index in [2.05, 4.69) is 10.4 Å². The Morgan fingerprint density at radius 2 is 1.97 bits per heavy atom. The van der Waals surface area contributed by atoms with E-state index in [0.29, 0.717) is 30.1 Å². The number of aromatic nitrogens is 2. The minimum Gasteiger partial charge on any atom is -0.436 e. The molecule has 0 spiro atoms. The lowest BCUT2D eigenvalue weighted by atomic mass is 10.1. The van der Waals surface area contributed by atoms with Gasteiger partial charge in [0.25, 0.3) is 0 Å². The second-order valence-electron chi connectivity index (χ2n) is 6.75. The van der Waals surface area contributed by atoms with Crippen LogP contribution in [0, 0.1) is 25.5 Å². The second kappa shape index (κ2) is 8.86. The number of rotatable bonds is 7. The van der Waals surface area contributed by atoms with E-state index >= 15 is 0 Å². The van der Waals surface area contributed by atoms with Crippen LogP contribution in [-0.4, -0.2) is 22.2 Å². The Kier molecular flexibility index (Phi) is 6.26. The Bertz CT molecular complexity index is 1030. The summed E-state index contributed by atoms with van der Waals surface area (Å²) in [6.45, 7) is 6.17. The van der Waals surface area contributed by atoms with Crippen LogP contribution in [0.3, 0.4) is 0 Å². The predicted molar refractivity (Wildman–Crippen MR) is 106 cm³/mol. The van der Waals surface area contributed by atoms with Crippen LogP contribution in [0.4, 0.5) is 8.78 Å². The molecule has 2 aromatic carbocycles. The van der Waals surface area contributed by atoms with Crippen molar-refractivity contribution in [3.8, 4) is 17.3 Å². The summed E-state index contributed by atoms with van der Waals surface area (Å²) in [7, 11) is 0. The third-order valence-corrected chi connectivity index (χ3v) is 4.46. The van der Waals surface area contributed by atoms with E-state index in [1.165, 1.54) is 6.07 Å². The number of halogens is 2. The molecule has 0 aliphatic carbocycles. The van der Waals surface area contributed by atoms with Gasteiger partial charge in [0.15, 0.2) is 11.6 Å². The van der Waals surface area contributed by atoms with Crippen molar-refractivity contribution >= 4 is 5.91 Å². The summed E-state index contributed by atoms with van der Waals surface area (Å²) < 4.78 is 35.0. The lowest BCUT2D eigenvalue weighted by Crippen LogP contribution is -2.22. The zero-order chi connectivity index (χ0) is 21.0. The number of aryl methyl sites for hydroxylation is 2. The number of hydrogen-bond donors (Lipinski definition) is 1. The van der Waals surface area contributed by atoms with Gasteiger partial charge in [-0.2, -0.15) is 5.10 Å². The Morgan fingerprint density at radius 1 is 1.17 bits per heavy atom. The van der Waals surface area contributed by atoms with Gasteiger partial charge in [0.05, 0.1) is 11.4 Å². The summed E-state index contributed by atoms with van der Waals surface area (Å²) in [4.78, 5) is 11.9. The van der Waals surface area contributed by atoms with Crippen LogP contribution < -0.4 is 10.1 Å². The van der Waals surface area contributed by atoms with E-state index in [4.69, 9.17) is 4.74 Å². The zero-order valence-electron chi connectivity index (χ0n) is 16.6. The van der Waals surface area contributed by atoms with Crippen molar-refractivity contribution in [1.82, 2.24) is 15.1 Å². The molecule has 3 rings (SSSR count). The van der Waals surface area contributed by atoms with E-state index in [1.54, 1.807) is 4.68 Å². The highest BCUT2D eigenvalue weighted by Crippen LogP contribution is 2.33. The molecular formula is C22H23F2N3O2. The number of ether oxygens (including phenoxy) is 1. The molecule has 1 N–H and O–H groups in total. The third-order valence-electron chi connectivity index (χ3n) is 4.46. The van der Waals surface area contributed by atoms with Gasteiger partial charge in [0.2, 0.25) is 11.8 Å². The maximum absolute atomic E-state index is 14.2. The molecule has 0 saturated heterocycles. The van der Waals surface area contributed by atoms with Crippen LogP contribution in [0.2, 0.25) is 0 Å². The summed E-state index contributed by atoms with van der Waals surface area (Å²) in [5.74, 6) is -1.39. The number of amides is 1. The minimum atomic E-state index is -0.811. The fourth-order valence-electron chi connectivity index (χ4n) is 3.05. The zero-order valence-corrected chi connectivity index (χ0v) is 16.6. The Hall–Kier alpha value is -3.22. The molecule has 0 aliphatic rings. The maximum Gasteiger partial charge on any atom is 0.226 e. The minimum absolute atomic E-state index is 0.0888.